The molecule has 0 N–H and O–H groups in total. The second-order valence-electron chi connectivity index (χ2n) is 6.41. The number of carbonyl (C=O) groups is 2. The first-order valence-electron chi connectivity index (χ1n) is 6.93. The number of carbonyl (C=O) groups excluding carboxylic acids is 2. The number of hydrogen-bond donors (Lipinski definition) is 0. The standard InChI is InChI=1S/C14H23NO3/c1-14(2,3)18-13(17)15-9-8-10-6-4-5-7-11(10)12(15)16/h10-11H,4-9H2,1-3H3. The number of fused-ring (bicyclic) bond motifs is 1. The third-order valence-corrected chi connectivity index (χ3v) is 3.83. The highest BCUT2D eigenvalue weighted by atomic mass is 16.6. The van der Waals surface area contributed by atoms with E-state index < -0.39 is 11.7 Å². The van der Waals surface area contributed by atoms with Gasteiger partial charge in [-0.25, -0.2) is 9.69 Å². The zero-order valence-corrected chi connectivity index (χ0v) is 11.6. The third kappa shape index (κ3) is 2.85. The molecular weight excluding hydrogens is 230 g/mol. The first-order chi connectivity index (χ1) is 8.38. The van der Waals surface area contributed by atoms with Gasteiger partial charge in [0.1, 0.15) is 5.60 Å². The largest absolute Gasteiger partial charge is 0.443 e. The molecule has 1 saturated carbocycles. The average molecular weight is 253 g/mol. The molecule has 2 aliphatic rings. The Morgan fingerprint density at radius 2 is 1.89 bits per heavy atom. The average Bonchev–Trinajstić information content (AvgIpc) is 2.27. The van der Waals surface area contributed by atoms with Gasteiger partial charge in [-0.15, -0.1) is 0 Å². The van der Waals surface area contributed by atoms with Crippen molar-refractivity contribution in [2.24, 2.45) is 11.8 Å². The van der Waals surface area contributed by atoms with Crippen LogP contribution in [0.2, 0.25) is 0 Å². The van der Waals surface area contributed by atoms with Crippen LogP contribution in [0.15, 0.2) is 0 Å². The fourth-order valence-corrected chi connectivity index (χ4v) is 2.98. The molecule has 102 valence electrons. The molecule has 0 aromatic carbocycles. The van der Waals surface area contributed by atoms with Gasteiger partial charge in [0.15, 0.2) is 0 Å². The van der Waals surface area contributed by atoms with Crippen molar-refractivity contribution < 1.29 is 14.3 Å². The molecule has 18 heavy (non-hydrogen) atoms. The summed E-state index contributed by atoms with van der Waals surface area (Å²) in [5, 5.41) is 0. The van der Waals surface area contributed by atoms with E-state index in [-0.39, 0.29) is 11.8 Å². The van der Waals surface area contributed by atoms with Crippen LogP contribution in [-0.2, 0) is 9.53 Å². The van der Waals surface area contributed by atoms with E-state index in [0.29, 0.717) is 12.5 Å². The lowest BCUT2D eigenvalue weighted by Crippen LogP contribution is -2.50. The predicted molar refractivity (Wildman–Crippen MR) is 68.0 cm³/mol. The summed E-state index contributed by atoms with van der Waals surface area (Å²) in [5.74, 6) is 0.533. The Morgan fingerprint density at radius 1 is 1.22 bits per heavy atom. The van der Waals surface area contributed by atoms with E-state index in [2.05, 4.69) is 0 Å². The van der Waals surface area contributed by atoms with Gasteiger partial charge in [0.25, 0.3) is 0 Å². The number of amides is 2. The minimum atomic E-state index is -0.541. The van der Waals surface area contributed by atoms with Crippen molar-refractivity contribution in [2.75, 3.05) is 6.54 Å². The summed E-state index contributed by atoms with van der Waals surface area (Å²) in [6, 6.07) is 0. The van der Waals surface area contributed by atoms with Crippen LogP contribution in [0.1, 0.15) is 52.9 Å². The van der Waals surface area contributed by atoms with Gasteiger partial charge in [-0.2, -0.15) is 0 Å². The van der Waals surface area contributed by atoms with Crippen molar-refractivity contribution >= 4 is 12.0 Å². The Kier molecular flexibility index (Phi) is 3.64. The first kappa shape index (κ1) is 13.4. The summed E-state index contributed by atoms with van der Waals surface area (Å²) in [5.41, 5.74) is -0.541. The molecule has 1 aliphatic heterocycles. The number of piperidine rings is 1. The Hall–Kier alpha value is -1.06. The van der Waals surface area contributed by atoms with Crippen LogP contribution < -0.4 is 0 Å². The second-order valence-corrected chi connectivity index (χ2v) is 6.41. The summed E-state index contributed by atoms with van der Waals surface area (Å²) in [7, 11) is 0. The minimum absolute atomic E-state index is 0.0137. The lowest BCUT2D eigenvalue weighted by Gasteiger charge is -2.39. The molecule has 0 radical (unpaired) electrons. The van der Waals surface area contributed by atoms with Gasteiger partial charge in [-0.05, 0) is 46.0 Å². The van der Waals surface area contributed by atoms with Crippen LogP contribution in [0.5, 0.6) is 0 Å². The molecule has 4 nitrogen and oxygen atoms in total. The summed E-state index contributed by atoms with van der Waals surface area (Å²) >= 11 is 0. The number of nitrogens with zero attached hydrogens (tertiary/aromatic N) is 1. The van der Waals surface area contributed by atoms with Crippen LogP contribution in [0.25, 0.3) is 0 Å². The highest BCUT2D eigenvalue weighted by molar-refractivity contribution is 5.94. The molecular formula is C14H23NO3. The van der Waals surface area contributed by atoms with Crippen molar-refractivity contribution in [3.8, 4) is 0 Å². The molecule has 2 unspecified atom stereocenters. The van der Waals surface area contributed by atoms with E-state index in [1.807, 2.05) is 20.8 Å². The van der Waals surface area contributed by atoms with Gasteiger partial charge < -0.3 is 4.74 Å². The number of ether oxygens (including phenoxy) is 1. The van der Waals surface area contributed by atoms with Gasteiger partial charge >= 0.3 is 6.09 Å². The molecule has 0 aromatic heterocycles. The lowest BCUT2D eigenvalue weighted by atomic mass is 9.74. The number of imide groups is 1. The smallest absolute Gasteiger partial charge is 0.417 e. The highest BCUT2D eigenvalue weighted by Crippen LogP contribution is 2.37. The normalized spacial score (nSPS) is 28.8. The van der Waals surface area contributed by atoms with E-state index in [9.17, 15) is 9.59 Å². The van der Waals surface area contributed by atoms with Crippen LogP contribution in [-0.4, -0.2) is 29.0 Å². The summed E-state index contributed by atoms with van der Waals surface area (Å²) < 4.78 is 5.29. The van der Waals surface area contributed by atoms with Gasteiger partial charge in [-0.3, -0.25) is 4.79 Å². The van der Waals surface area contributed by atoms with Crippen molar-refractivity contribution in [1.29, 1.82) is 0 Å². The Labute approximate surface area is 109 Å². The molecule has 2 fully saturated rings. The maximum atomic E-state index is 12.3. The molecule has 0 spiro atoms. The van der Waals surface area contributed by atoms with Gasteiger partial charge in [0, 0.05) is 12.5 Å². The number of hydrogen-bond acceptors (Lipinski definition) is 3. The van der Waals surface area contributed by atoms with Crippen LogP contribution >= 0.6 is 0 Å². The van der Waals surface area contributed by atoms with Crippen molar-refractivity contribution in [2.45, 2.75) is 58.5 Å². The van der Waals surface area contributed by atoms with E-state index in [1.165, 1.54) is 11.3 Å². The predicted octanol–water partition coefficient (Wildman–Crippen LogP) is 2.96. The Balaban J connectivity index is 2.02. The highest BCUT2D eigenvalue weighted by Gasteiger charge is 2.41. The molecule has 1 heterocycles. The zero-order chi connectivity index (χ0) is 13.3. The van der Waals surface area contributed by atoms with E-state index in [4.69, 9.17) is 4.74 Å². The van der Waals surface area contributed by atoms with E-state index in [1.54, 1.807) is 0 Å². The fourth-order valence-electron chi connectivity index (χ4n) is 2.98. The minimum Gasteiger partial charge on any atom is -0.443 e. The molecule has 1 saturated heterocycles. The summed E-state index contributed by atoms with van der Waals surface area (Å²) in [6.07, 6.45) is 4.86. The van der Waals surface area contributed by atoms with Gasteiger partial charge in [-0.1, -0.05) is 12.8 Å². The molecule has 2 amide bonds. The molecule has 0 aromatic rings. The monoisotopic (exact) mass is 253 g/mol. The maximum absolute atomic E-state index is 12.3. The molecule has 2 atom stereocenters. The van der Waals surface area contributed by atoms with Crippen molar-refractivity contribution in [3.05, 3.63) is 0 Å². The van der Waals surface area contributed by atoms with Crippen LogP contribution in [0.3, 0.4) is 0 Å². The molecule has 4 heteroatoms. The van der Waals surface area contributed by atoms with Gasteiger partial charge in [0.05, 0.1) is 0 Å². The summed E-state index contributed by atoms with van der Waals surface area (Å²) in [6.45, 7) is 5.99. The van der Waals surface area contributed by atoms with Gasteiger partial charge in [0.2, 0.25) is 5.91 Å². The number of rotatable bonds is 0. The number of likely N-dealkylation sites (tertiary alicyclic amines) is 1. The third-order valence-electron chi connectivity index (χ3n) is 3.83. The Morgan fingerprint density at radius 3 is 2.56 bits per heavy atom. The fraction of sp³-hybridized carbons (Fsp3) is 0.857. The zero-order valence-electron chi connectivity index (χ0n) is 11.6. The molecule has 2 rings (SSSR count). The van der Waals surface area contributed by atoms with Crippen LogP contribution in [0.4, 0.5) is 4.79 Å². The summed E-state index contributed by atoms with van der Waals surface area (Å²) in [4.78, 5) is 25.6. The van der Waals surface area contributed by atoms with E-state index in [0.717, 1.165) is 25.7 Å². The quantitative estimate of drug-likeness (QED) is 0.666. The second kappa shape index (κ2) is 4.90. The van der Waals surface area contributed by atoms with Crippen molar-refractivity contribution in [3.63, 3.8) is 0 Å². The molecule has 1 aliphatic carbocycles. The van der Waals surface area contributed by atoms with Crippen molar-refractivity contribution in [1.82, 2.24) is 4.90 Å². The maximum Gasteiger partial charge on any atom is 0.417 e. The van der Waals surface area contributed by atoms with E-state index >= 15 is 0 Å². The van der Waals surface area contributed by atoms with Crippen LogP contribution in [0, 0.1) is 11.8 Å². The molecule has 0 bridgehead atoms. The first-order valence-corrected chi connectivity index (χ1v) is 6.93. The topological polar surface area (TPSA) is 46.6 Å². The SMILES string of the molecule is CC(C)(C)OC(=O)N1CCC2CCCCC2C1=O. The Bertz CT molecular complexity index is 345. The lowest BCUT2D eigenvalue weighted by molar-refractivity contribution is -0.141.